The molecule has 0 aliphatic heterocycles. The summed E-state index contributed by atoms with van der Waals surface area (Å²) in [6, 6.07) is 0. The molecule has 0 unspecified atom stereocenters. The van der Waals surface area contributed by atoms with Crippen molar-refractivity contribution in [1.29, 1.82) is 0 Å². The Balaban J connectivity index is 0.000000980. The predicted molar refractivity (Wildman–Crippen MR) is 60.3 cm³/mol. The molecule has 79 valence electrons. The molecular formula is C12H16N2Y-2. The number of hydrogen-bond acceptors (Lipinski definition) is 1. The summed E-state index contributed by atoms with van der Waals surface area (Å²) in [7, 11) is 0. The molecule has 1 N–H and O–H groups in total. The van der Waals surface area contributed by atoms with Crippen LogP contribution in [0, 0.1) is 41.4 Å². The average molecular weight is 277 g/mol. The summed E-state index contributed by atoms with van der Waals surface area (Å²) in [5.74, 6) is 0. The van der Waals surface area contributed by atoms with Gasteiger partial charge in [-0.3, -0.25) is 0 Å². The third-order valence-corrected chi connectivity index (χ3v) is 3.00. The van der Waals surface area contributed by atoms with E-state index >= 15 is 0 Å². The van der Waals surface area contributed by atoms with Crippen LogP contribution in [0.3, 0.4) is 0 Å². The molecule has 0 fully saturated rings. The zero-order valence-electron chi connectivity index (χ0n) is 10.0. The molecule has 0 bridgehead atoms. The van der Waals surface area contributed by atoms with Crippen LogP contribution in [-0.2, 0) is 32.7 Å². The number of aryl methyl sites for hydroxylation is 2. The first-order valence-electron chi connectivity index (χ1n) is 4.45. The minimum Gasteiger partial charge on any atom is -0.460 e. The predicted octanol–water partition coefficient (Wildman–Crippen LogP) is 3.04. The van der Waals surface area contributed by atoms with Crippen LogP contribution in [-0.4, -0.2) is 9.97 Å². The normalized spacial score (nSPS) is 9.60. The van der Waals surface area contributed by atoms with Crippen molar-refractivity contribution in [2.45, 2.75) is 27.7 Å². The van der Waals surface area contributed by atoms with Crippen LogP contribution in [0.25, 0.3) is 11.0 Å². The van der Waals surface area contributed by atoms with Crippen molar-refractivity contribution in [3.8, 4) is 0 Å². The van der Waals surface area contributed by atoms with E-state index in [1.54, 1.807) is 0 Å². The summed E-state index contributed by atoms with van der Waals surface area (Å²) in [4.78, 5) is 7.26. The first-order chi connectivity index (χ1) is 6.13. The molecule has 0 saturated carbocycles. The zero-order valence-corrected chi connectivity index (χ0v) is 12.9. The Morgan fingerprint density at radius 3 is 2.07 bits per heavy atom. The van der Waals surface area contributed by atoms with Crippen LogP contribution in [0.4, 0.5) is 0 Å². The molecule has 15 heavy (non-hydrogen) atoms. The first-order valence-corrected chi connectivity index (χ1v) is 4.45. The van der Waals surface area contributed by atoms with Crippen molar-refractivity contribution in [3.63, 3.8) is 0 Å². The van der Waals surface area contributed by atoms with Crippen molar-refractivity contribution >= 4 is 11.0 Å². The fourth-order valence-electron chi connectivity index (χ4n) is 1.73. The van der Waals surface area contributed by atoms with Gasteiger partial charge in [-0.15, -0.1) is 0 Å². The number of rotatable bonds is 0. The smallest absolute Gasteiger partial charge is 0 e. The second-order valence-corrected chi connectivity index (χ2v) is 3.57. The van der Waals surface area contributed by atoms with Crippen LogP contribution in [0.1, 0.15) is 22.3 Å². The van der Waals surface area contributed by atoms with E-state index in [9.17, 15) is 0 Å². The number of imidazole rings is 1. The van der Waals surface area contributed by atoms with Gasteiger partial charge in [-0.25, -0.2) is 0 Å². The standard InChI is InChI=1S/C11H13N2.CH3.Y/c1-6-7(2)9(4)11-10(8(6)3)12-5-13-11;;/h1-4H3,(H,12,13);1H3;/q2*-1;. The summed E-state index contributed by atoms with van der Waals surface area (Å²) in [5.41, 5.74) is 7.41. The average Bonchev–Trinajstić information content (AvgIpc) is 2.59. The topological polar surface area (TPSA) is 28.7 Å². The van der Waals surface area contributed by atoms with Gasteiger partial charge in [-0.2, -0.15) is 0 Å². The minimum atomic E-state index is 0. The van der Waals surface area contributed by atoms with Gasteiger partial charge in [0.05, 0.1) is 0 Å². The van der Waals surface area contributed by atoms with Crippen LogP contribution in [0.5, 0.6) is 0 Å². The van der Waals surface area contributed by atoms with E-state index in [0.717, 1.165) is 11.0 Å². The molecule has 0 saturated heterocycles. The summed E-state index contributed by atoms with van der Waals surface area (Å²) >= 11 is 0. The number of fused-ring (bicyclic) bond motifs is 1. The maximum Gasteiger partial charge on any atom is 0 e. The molecule has 1 aromatic heterocycles. The maximum absolute atomic E-state index is 4.20. The third-order valence-electron chi connectivity index (χ3n) is 3.00. The second kappa shape index (κ2) is 5.22. The van der Waals surface area contributed by atoms with Crippen LogP contribution in [0.15, 0.2) is 0 Å². The summed E-state index contributed by atoms with van der Waals surface area (Å²) < 4.78 is 0. The number of nitrogens with zero attached hydrogens (tertiary/aromatic N) is 1. The molecule has 1 heterocycles. The van der Waals surface area contributed by atoms with E-state index in [1.807, 2.05) is 0 Å². The van der Waals surface area contributed by atoms with Gasteiger partial charge in [0.25, 0.3) is 0 Å². The molecule has 0 amide bonds. The van der Waals surface area contributed by atoms with Crippen molar-refractivity contribution in [2.24, 2.45) is 0 Å². The number of hydrogen-bond donors (Lipinski definition) is 1. The van der Waals surface area contributed by atoms with Gasteiger partial charge in [0.15, 0.2) is 0 Å². The van der Waals surface area contributed by atoms with Gasteiger partial charge in [-0.1, -0.05) is 40.2 Å². The van der Waals surface area contributed by atoms with Crippen LogP contribution >= 0.6 is 0 Å². The number of aromatic amines is 1. The molecule has 0 aliphatic rings. The fraction of sp³-hybridized carbons (Fsp3) is 0.333. The molecule has 0 atom stereocenters. The van der Waals surface area contributed by atoms with Crippen molar-refractivity contribution in [3.05, 3.63) is 36.0 Å². The fourth-order valence-corrected chi connectivity index (χ4v) is 1.73. The molecule has 0 spiro atoms. The molecular weight excluding hydrogens is 261 g/mol. The Morgan fingerprint density at radius 2 is 1.47 bits per heavy atom. The van der Waals surface area contributed by atoms with E-state index in [-0.39, 0.29) is 40.1 Å². The van der Waals surface area contributed by atoms with E-state index in [0.29, 0.717) is 0 Å². The number of H-pyrrole nitrogens is 1. The SMILES string of the molecule is Cc1c(C)c(C)c2[nH][c-]nc2c1C.[CH3-].[Y]. The van der Waals surface area contributed by atoms with Crippen molar-refractivity contribution in [2.75, 3.05) is 0 Å². The Morgan fingerprint density at radius 1 is 0.933 bits per heavy atom. The Hall–Kier alpha value is -0.206. The van der Waals surface area contributed by atoms with Gasteiger partial charge in [0, 0.05) is 32.7 Å². The molecule has 1 radical (unpaired) electrons. The van der Waals surface area contributed by atoms with E-state index in [4.69, 9.17) is 0 Å². The molecule has 0 aliphatic carbocycles. The van der Waals surface area contributed by atoms with E-state index < -0.39 is 0 Å². The second-order valence-electron chi connectivity index (χ2n) is 3.57. The molecule has 1 aromatic carbocycles. The molecule has 2 rings (SSSR count). The molecule has 3 heteroatoms. The van der Waals surface area contributed by atoms with E-state index in [1.165, 1.54) is 22.3 Å². The number of aromatic nitrogens is 2. The minimum absolute atomic E-state index is 0. The van der Waals surface area contributed by atoms with Crippen molar-refractivity contribution < 1.29 is 32.7 Å². The van der Waals surface area contributed by atoms with Gasteiger partial charge in [0.1, 0.15) is 0 Å². The monoisotopic (exact) mass is 277 g/mol. The first kappa shape index (κ1) is 14.8. The third kappa shape index (κ3) is 2.16. The Kier molecular flexibility index (Phi) is 5.15. The zero-order chi connectivity index (χ0) is 9.59. The maximum atomic E-state index is 4.20. The van der Waals surface area contributed by atoms with Gasteiger partial charge in [-0.05, 0) is 27.1 Å². The van der Waals surface area contributed by atoms with Gasteiger partial charge >= 0.3 is 0 Å². The van der Waals surface area contributed by atoms with Crippen LogP contribution in [0.2, 0.25) is 0 Å². The largest absolute Gasteiger partial charge is 0.460 e. The molecule has 2 nitrogen and oxygen atoms in total. The quantitative estimate of drug-likeness (QED) is 0.737. The van der Waals surface area contributed by atoms with Gasteiger partial charge < -0.3 is 17.4 Å². The van der Waals surface area contributed by atoms with Crippen LogP contribution < -0.4 is 0 Å². The Bertz CT molecular complexity index is 430. The van der Waals surface area contributed by atoms with Crippen molar-refractivity contribution in [1.82, 2.24) is 9.97 Å². The summed E-state index contributed by atoms with van der Waals surface area (Å²) in [5, 5.41) is 0. The molecule has 2 aromatic rings. The summed E-state index contributed by atoms with van der Waals surface area (Å²) in [6.45, 7) is 8.53. The number of benzene rings is 1. The van der Waals surface area contributed by atoms with Gasteiger partial charge in [0.2, 0.25) is 0 Å². The summed E-state index contributed by atoms with van der Waals surface area (Å²) in [6.07, 6.45) is 2.80. The van der Waals surface area contributed by atoms with E-state index in [2.05, 4.69) is 44.0 Å². The Labute approximate surface area is 117 Å². The number of nitrogens with one attached hydrogen (secondary N) is 1.